The van der Waals surface area contributed by atoms with Crippen molar-refractivity contribution in [1.29, 1.82) is 0 Å². The fourth-order valence-corrected chi connectivity index (χ4v) is 4.66. The van der Waals surface area contributed by atoms with E-state index >= 15 is 0 Å². The molecule has 2 aromatic carbocycles. The first-order valence-electron chi connectivity index (χ1n) is 8.53. The lowest BCUT2D eigenvalue weighted by Gasteiger charge is -2.21. The second-order valence-corrected chi connectivity index (χ2v) is 8.70. The first kappa shape index (κ1) is 20.2. The van der Waals surface area contributed by atoms with Gasteiger partial charge in [0.25, 0.3) is 5.91 Å². The van der Waals surface area contributed by atoms with Gasteiger partial charge in [0.2, 0.25) is 10.0 Å². The number of carbonyl (C=O) groups is 1. The highest BCUT2D eigenvalue weighted by molar-refractivity contribution is 7.92. The average Bonchev–Trinajstić information content (AvgIpc) is 2.94. The minimum atomic E-state index is -4.44. The van der Waals surface area contributed by atoms with Crippen molar-refractivity contribution in [3.63, 3.8) is 0 Å². The van der Waals surface area contributed by atoms with E-state index in [1.165, 1.54) is 22.5 Å². The fraction of sp³-hybridized carbons (Fsp3) is 0.316. The van der Waals surface area contributed by atoms with E-state index in [2.05, 4.69) is 5.32 Å². The topological polar surface area (TPSA) is 66.5 Å². The maximum atomic E-state index is 12.8. The summed E-state index contributed by atoms with van der Waals surface area (Å²) in [5.74, 6) is -0.439. The zero-order valence-corrected chi connectivity index (χ0v) is 16.1. The van der Waals surface area contributed by atoms with Crippen LogP contribution in [0.5, 0.6) is 0 Å². The van der Waals surface area contributed by atoms with Crippen LogP contribution in [0.1, 0.15) is 34.0 Å². The van der Waals surface area contributed by atoms with Crippen molar-refractivity contribution in [3.05, 3.63) is 64.7 Å². The molecule has 0 saturated carbocycles. The summed E-state index contributed by atoms with van der Waals surface area (Å²) in [6.45, 7) is 1.74. The molecule has 1 aliphatic heterocycles. The zero-order valence-electron chi connectivity index (χ0n) is 15.2. The van der Waals surface area contributed by atoms with Gasteiger partial charge in [-0.3, -0.25) is 9.10 Å². The molecule has 5 nitrogen and oxygen atoms in total. The number of nitrogens with zero attached hydrogens (tertiary/aromatic N) is 1. The van der Waals surface area contributed by atoms with Crippen LogP contribution in [0.2, 0.25) is 0 Å². The zero-order chi connectivity index (χ0) is 20.7. The van der Waals surface area contributed by atoms with E-state index < -0.39 is 27.7 Å². The van der Waals surface area contributed by atoms with E-state index in [0.717, 1.165) is 24.0 Å². The minimum Gasteiger partial charge on any atom is -0.348 e. The number of alkyl halides is 3. The Hall–Kier alpha value is -2.55. The molecule has 0 aliphatic carbocycles. The van der Waals surface area contributed by atoms with Crippen molar-refractivity contribution in [2.24, 2.45) is 0 Å². The second kappa shape index (κ2) is 7.12. The van der Waals surface area contributed by atoms with Gasteiger partial charge in [-0.1, -0.05) is 12.1 Å². The summed E-state index contributed by atoms with van der Waals surface area (Å²) >= 11 is 0. The number of benzene rings is 2. The van der Waals surface area contributed by atoms with Gasteiger partial charge in [-0.2, -0.15) is 13.2 Å². The lowest BCUT2D eigenvalue weighted by Crippen LogP contribution is -2.34. The van der Waals surface area contributed by atoms with Crippen LogP contribution in [0.25, 0.3) is 0 Å². The Morgan fingerprint density at radius 1 is 1.21 bits per heavy atom. The standard InChI is InChI=1S/C19H19F3N2O3S/c1-12-8-15-10-14(6-7-17(15)24(12)28(2,26)27)18(25)23-11-13-4-3-5-16(9-13)19(20,21)22/h3-7,9-10,12H,8,11H2,1-2H3,(H,23,25)/t12-/m1/s1. The number of carbonyl (C=O) groups excluding carboxylic acids is 1. The lowest BCUT2D eigenvalue weighted by molar-refractivity contribution is -0.137. The summed E-state index contributed by atoms with van der Waals surface area (Å²) in [4.78, 5) is 12.4. The Morgan fingerprint density at radius 3 is 2.57 bits per heavy atom. The number of halogens is 3. The first-order valence-corrected chi connectivity index (χ1v) is 10.4. The number of nitrogens with one attached hydrogen (secondary N) is 1. The SMILES string of the molecule is C[C@@H]1Cc2cc(C(=O)NCc3cccc(C(F)(F)F)c3)ccc2N1S(C)(=O)=O. The van der Waals surface area contributed by atoms with Crippen LogP contribution in [-0.2, 0) is 29.2 Å². The average molecular weight is 412 g/mol. The van der Waals surface area contributed by atoms with Crippen LogP contribution in [0, 0.1) is 0 Å². The van der Waals surface area contributed by atoms with Crippen molar-refractivity contribution in [1.82, 2.24) is 5.32 Å². The molecule has 150 valence electrons. The number of hydrogen-bond acceptors (Lipinski definition) is 3. The largest absolute Gasteiger partial charge is 0.416 e. The molecule has 0 aromatic heterocycles. The predicted octanol–water partition coefficient (Wildman–Crippen LogP) is 3.35. The summed E-state index contributed by atoms with van der Waals surface area (Å²) in [7, 11) is -3.42. The normalized spacial score (nSPS) is 16.8. The Morgan fingerprint density at radius 2 is 1.93 bits per heavy atom. The summed E-state index contributed by atoms with van der Waals surface area (Å²) in [6, 6.07) is 9.24. The highest BCUT2D eigenvalue weighted by Gasteiger charge is 2.33. The van der Waals surface area contributed by atoms with E-state index in [4.69, 9.17) is 0 Å². The molecule has 9 heteroatoms. The van der Waals surface area contributed by atoms with Gasteiger partial charge in [-0.05, 0) is 54.8 Å². The number of amides is 1. The van der Waals surface area contributed by atoms with Crippen molar-refractivity contribution in [2.45, 2.75) is 32.1 Å². The van der Waals surface area contributed by atoms with Crippen LogP contribution in [0.4, 0.5) is 18.9 Å². The number of rotatable bonds is 4. The number of anilines is 1. The van der Waals surface area contributed by atoms with E-state index in [1.54, 1.807) is 19.1 Å². The van der Waals surface area contributed by atoms with Crippen LogP contribution < -0.4 is 9.62 Å². The molecule has 0 unspecified atom stereocenters. The molecule has 0 fully saturated rings. The van der Waals surface area contributed by atoms with Crippen molar-refractivity contribution in [3.8, 4) is 0 Å². The number of sulfonamides is 1. The third kappa shape index (κ3) is 4.14. The molecule has 1 amide bonds. The van der Waals surface area contributed by atoms with Gasteiger partial charge in [0.05, 0.1) is 17.5 Å². The molecule has 0 bridgehead atoms. The van der Waals surface area contributed by atoms with E-state index in [1.807, 2.05) is 0 Å². The molecule has 0 spiro atoms. The van der Waals surface area contributed by atoms with E-state index in [9.17, 15) is 26.4 Å². The summed E-state index contributed by atoms with van der Waals surface area (Å²) in [5, 5.41) is 2.60. The third-order valence-corrected chi connectivity index (χ3v) is 5.83. The van der Waals surface area contributed by atoms with E-state index in [0.29, 0.717) is 23.2 Å². The minimum absolute atomic E-state index is 0.0499. The lowest BCUT2D eigenvalue weighted by atomic mass is 10.1. The Labute approximate surface area is 161 Å². The molecule has 3 rings (SSSR count). The highest BCUT2D eigenvalue weighted by atomic mass is 32.2. The van der Waals surface area contributed by atoms with Crippen LogP contribution in [-0.4, -0.2) is 26.6 Å². The molecule has 2 aromatic rings. The Balaban J connectivity index is 1.74. The molecule has 28 heavy (non-hydrogen) atoms. The molecule has 1 N–H and O–H groups in total. The summed E-state index contributed by atoms with van der Waals surface area (Å²) < 4.78 is 63.5. The van der Waals surface area contributed by atoms with Crippen molar-refractivity contribution < 1.29 is 26.4 Å². The van der Waals surface area contributed by atoms with Gasteiger partial charge in [-0.25, -0.2) is 8.42 Å². The molecular weight excluding hydrogens is 393 g/mol. The van der Waals surface area contributed by atoms with Crippen molar-refractivity contribution in [2.75, 3.05) is 10.6 Å². The van der Waals surface area contributed by atoms with Gasteiger partial charge in [0.1, 0.15) is 0 Å². The Kier molecular flexibility index (Phi) is 5.14. The van der Waals surface area contributed by atoms with Crippen LogP contribution >= 0.6 is 0 Å². The van der Waals surface area contributed by atoms with Gasteiger partial charge < -0.3 is 5.32 Å². The molecular formula is C19H19F3N2O3S. The molecule has 1 heterocycles. The van der Waals surface area contributed by atoms with Gasteiger partial charge in [0.15, 0.2) is 0 Å². The van der Waals surface area contributed by atoms with Gasteiger partial charge in [0, 0.05) is 18.2 Å². The summed E-state index contributed by atoms with van der Waals surface area (Å²) in [5.41, 5.74) is 1.18. The summed E-state index contributed by atoms with van der Waals surface area (Å²) in [6.07, 6.45) is -2.83. The maximum Gasteiger partial charge on any atom is 0.416 e. The Bertz CT molecular complexity index is 1020. The highest BCUT2D eigenvalue weighted by Crippen LogP contribution is 2.34. The monoisotopic (exact) mass is 412 g/mol. The maximum absolute atomic E-state index is 12.8. The van der Waals surface area contributed by atoms with Crippen molar-refractivity contribution >= 4 is 21.6 Å². The van der Waals surface area contributed by atoms with Gasteiger partial charge >= 0.3 is 6.18 Å². The van der Waals surface area contributed by atoms with Crippen LogP contribution in [0.3, 0.4) is 0 Å². The fourth-order valence-electron chi connectivity index (χ4n) is 3.39. The van der Waals surface area contributed by atoms with E-state index in [-0.39, 0.29) is 12.6 Å². The molecule has 1 aliphatic rings. The third-order valence-electron chi connectivity index (χ3n) is 4.56. The van der Waals surface area contributed by atoms with Crippen LogP contribution in [0.15, 0.2) is 42.5 Å². The molecule has 1 atom stereocenters. The second-order valence-electron chi connectivity index (χ2n) is 6.84. The van der Waals surface area contributed by atoms with Gasteiger partial charge in [-0.15, -0.1) is 0 Å². The first-order chi connectivity index (χ1) is 13.0. The molecule has 0 saturated heterocycles. The number of hydrogen-bond donors (Lipinski definition) is 1. The quantitative estimate of drug-likeness (QED) is 0.838. The molecule has 0 radical (unpaired) electrons. The predicted molar refractivity (Wildman–Crippen MR) is 99.5 cm³/mol. The number of fused-ring (bicyclic) bond motifs is 1. The smallest absolute Gasteiger partial charge is 0.348 e.